The van der Waals surface area contributed by atoms with Gasteiger partial charge in [0.25, 0.3) is 0 Å². The van der Waals surface area contributed by atoms with Crippen LogP contribution in [0.1, 0.15) is 47.0 Å². The summed E-state index contributed by atoms with van der Waals surface area (Å²) in [4.78, 5) is 0. The predicted molar refractivity (Wildman–Crippen MR) is 70.5 cm³/mol. The molecule has 0 saturated heterocycles. The number of hydrogen-bond acceptors (Lipinski definition) is 3. The minimum atomic E-state index is -2.92. The van der Waals surface area contributed by atoms with Crippen molar-refractivity contribution in [3.8, 4) is 0 Å². The largest absolute Gasteiger partial charge is 0.315 e. The molecule has 0 rings (SSSR count). The van der Waals surface area contributed by atoms with Gasteiger partial charge in [0.05, 0.1) is 11.0 Å². The van der Waals surface area contributed by atoms with Crippen molar-refractivity contribution in [2.75, 3.05) is 18.8 Å². The number of sulfone groups is 1. The third-order valence-electron chi connectivity index (χ3n) is 2.97. The smallest absolute Gasteiger partial charge is 0.154 e. The van der Waals surface area contributed by atoms with E-state index in [0.717, 1.165) is 25.8 Å². The molecule has 0 radical (unpaired) electrons. The van der Waals surface area contributed by atoms with Crippen LogP contribution in [0.4, 0.5) is 0 Å². The van der Waals surface area contributed by atoms with Gasteiger partial charge in [-0.1, -0.05) is 33.6 Å². The van der Waals surface area contributed by atoms with Gasteiger partial charge in [0.15, 0.2) is 9.84 Å². The summed E-state index contributed by atoms with van der Waals surface area (Å²) < 4.78 is 23.8. The molecule has 0 bridgehead atoms. The van der Waals surface area contributed by atoms with Crippen molar-refractivity contribution in [3.63, 3.8) is 0 Å². The van der Waals surface area contributed by atoms with Crippen molar-refractivity contribution in [1.29, 1.82) is 0 Å². The normalized spacial score (nSPS) is 16.0. The molecule has 1 N–H and O–H groups in total. The summed E-state index contributed by atoms with van der Waals surface area (Å²) in [7, 11) is -2.92. The Morgan fingerprint density at radius 2 is 1.81 bits per heavy atom. The highest BCUT2D eigenvalue weighted by molar-refractivity contribution is 7.92. The molecular formula is C12H27NO2S. The van der Waals surface area contributed by atoms with Crippen LogP contribution in [0, 0.1) is 5.92 Å². The highest BCUT2D eigenvalue weighted by Crippen LogP contribution is 2.10. The maximum atomic E-state index is 11.9. The second-order valence-corrected chi connectivity index (χ2v) is 7.18. The third kappa shape index (κ3) is 6.48. The van der Waals surface area contributed by atoms with E-state index in [1.54, 1.807) is 6.92 Å². The second-order valence-electron chi connectivity index (χ2n) is 4.71. The van der Waals surface area contributed by atoms with Gasteiger partial charge in [-0.2, -0.15) is 0 Å². The summed E-state index contributed by atoms with van der Waals surface area (Å²) in [6, 6.07) is 0. The molecule has 0 aromatic heterocycles. The average Bonchev–Trinajstić information content (AvgIpc) is 2.23. The van der Waals surface area contributed by atoms with E-state index in [9.17, 15) is 8.42 Å². The van der Waals surface area contributed by atoms with E-state index in [0.29, 0.717) is 12.3 Å². The molecule has 0 aliphatic heterocycles. The second kappa shape index (κ2) is 8.07. The first-order valence-electron chi connectivity index (χ1n) is 6.36. The van der Waals surface area contributed by atoms with Crippen LogP contribution in [0.5, 0.6) is 0 Å². The number of hydrogen-bond donors (Lipinski definition) is 1. The highest BCUT2D eigenvalue weighted by Gasteiger charge is 2.22. The average molecular weight is 249 g/mol. The van der Waals surface area contributed by atoms with Crippen LogP contribution in [-0.2, 0) is 9.84 Å². The van der Waals surface area contributed by atoms with Crippen LogP contribution < -0.4 is 5.32 Å². The Hall–Kier alpha value is -0.0900. The third-order valence-corrected chi connectivity index (χ3v) is 5.39. The van der Waals surface area contributed by atoms with E-state index in [2.05, 4.69) is 12.2 Å². The number of nitrogens with one attached hydrogen (secondary N) is 1. The van der Waals surface area contributed by atoms with Crippen LogP contribution in [-0.4, -0.2) is 32.5 Å². The molecule has 0 heterocycles. The van der Waals surface area contributed by atoms with Crippen LogP contribution in [0.15, 0.2) is 0 Å². The van der Waals surface area contributed by atoms with E-state index in [1.807, 2.05) is 13.8 Å². The molecule has 0 fully saturated rings. The number of rotatable bonds is 9. The SMILES string of the molecule is CCCCNCC(C)S(=O)(=O)CC(C)CC. The lowest BCUT2D eigenvalue weighted by Gasteiger charge is -2.16. The molecule has 2 atom stereocenters. The molecule has 0 aromatic rings. The zero-order valence-electron chi connectivity index (χ0n) is 11.1. The fourth-order valence-corrected chi connectivity index (χ4v) is 3.14. The molecule has 4 heteroatoms. The van der Waals surface area contributed by atoms with Crippen molar-refractivity contribution in [1.82, 2.24) is 5.32 Å². The minimum absolute atomic E-state index is 0.265. The highest BCUT2D eigenvalue weighted by atomic mass is 32.2. The summed E-state index contributed by atoms with van der Waals surface area (Å²) in [5.41, 5.74) is 0. The Labute approximate surface area is 101 Å². The molecule has 16 heavy (non-hydrogen) atoms. The van der Waals surface area contributed by atoms with Crippen molar-refractivity contribution in [2.24, 2.45) is 5.92 Å². The summed E-state index contributed by atoms with van der Waals surface area (Å²) >= 11 is 0. The summed E-state index contributed by atoms with van der Waals surface area (Å²) in [6.45, 7) is 9.46. The van der Waals surface area contributed by atoms with Crippen molar-refractivity contribution >= 4 is 9.84 Å². The topological polar surface area (TPSA) is 46.2 Å². The fourth-order valence-electron chi connectivity index (χ4n) is 1.41. The first kappa shape index (κ1) is 15.9. The molecule has 0 amide bonds. The molecule has 0 aliphatic rings. The van der Waals surface area contributed by atoms with Gasteiger partial charge in [-0.3, -0.25) is 0 Å². The van der Waals surface area contributed by atoms with Crippen LogP contribution >= 0.6 is 0 Å². The fraction of sp³-hybridized carbons (Fsp3) is 1.00. The van der Waals surface area contributed by atoms with Gasteiger partial charge in [-0.15, -0.1) is 0 Å². The van der Waals surface area contributed by atoms with E-state index in [-0.39, 0.29) is 11.2 Å². The lowest BCUT2D eigenvalue weighted by Crippen LogP contribution is -2.34. The first-order chi connectivity index (χ1) is 7.44. The molecular weight excluding hydrogens is 222 g/mol. The zero-order valence-corrected chi connectivity index (χ0v) is 11.9. The molecule has 0 saturated carbocycles. The maximum absolute atomic E-state index is 11.9. The van der Waals surface area contributed by atoms with Gasteiger partial charge < -0.3 is 5.32 Å². The van der Waals surface area contributed by atoms with Crippen molar-refractivity contribution in [3.05, 3.63) is 0 Å². The molecule has 0 aromatic carbocycles. The maximum Gasteiger partial charge on any atom is 0.154 e. The summed E-state index contributed by atoms with van der Waals surface area (Å²) in [5.74, 6) is 0.586. The van der Waals surface area contributed by atoms with Gasteiger partial charge in [-0.05, 0) is 25.8 Å². The van der Waals surface area contributed by atoms with E-state index in [4.69, 9.17) is 0 Å². The minimum Gasteiger partial charge on any atom is -0.315 e. The van der Waals surface area contributed by atoms with Crippen molar-refractivity contribution < 1.29 is 8.42 Å². The molecule has 3 nitrogen and oxygen atoms in total. The predicted octanol–water partition coefficient (Wildman–Crippen LogP) is 2.23. The Bertz CT molecular complexity index is 262. The van der Waals surface area contributed by atoms with Crippen LogP contribution in [0.2, 0.25) is 0 Å². The molecule has 2 unspecified atom stereocenters. The van der Waals surface area contributed by atoms with E-state index in [1.165, 1.54) is 0 Å². The monoisotopic (exact) mass is 249 g/mol. The van der Waals surface area contributed by atoms with Crippen LogP contribution in [0.3, 0.4) is 0 Å². The zero-order chi connectivity index (χ0) is 12.6. The Kier molecular flexibility index (Phi) is 8.02. The van der Waals surface area contributed by atoms with Gasteiger partial charge in [0, 0.05) is 6.54 Å². The summed E-state index contributed by atoms with van der Waals surface area (Å²) in [5, 5.41) is 2.94. The van der Waals surface area contributed by atoms with E-state index < -0.39 is 9.84 Å². The van der Waals surface area contributed by atoms with Crippen LogP contribution in [0.25, 0.3) is 0 Å². The standard InChI is InChI=1S/C12H27NO2S/c1-5-7-8-13-9-12(4)16(14,15)10-11(3)6-2/h11-13H,5-10H2,1-4H3. The van der Waals surface area contributed by atoms with E-state index >= 15 is 0 Å². The Morgan fingerprint density at radius 1 is 1.19 bits per heavy atom. The quantitative estimate of drug-likeness (QED) is 0.637. The molecule has 0 spiro atoms. The van der Waals surface area contributed by atoms with Crippen molar-refractivity contribution in [2.45, 2.75) is 52.2 Å². The lowest BCUT2D eigenvalue weighted by molar-refractivity contribution is 0.544. The van der Waals surface area contributed by atoms with Gasteiger partial charge in [0.1, 0.15) is 0 Å². The van der Waals surface area contributed by atoms with Gasteiger partial charge in [-0.25, -0.2) is 8.42 Å². The molecule has 0 aliphatic carbocycles. The summed E-state index contributed by atoms with van der Waals surface area (Å²) in [6.07, 6.45) is 3.17. The number of unbranched alkanes of at least 4 members (excludes halogenated alkanes) is 1. The lowest BCUT2D eigenvalue weighted by atomic mass is 10.2. The van der Waals surface area contributed by atoms with Gasteiger partial charge >= 0.3 is 0 Å². The Morgan fingerprint density at radius 3 is 2.31 bits per heavy atom. The Balaban J connectivity index is 4.00. The molecule has 98 valence electrons. The first-order valence-corrected chi connectivity index (χ1v) is 8.07. The van der Waals surface area contributed by atoms with Gasteiger partial charge in [0.2, 0.25) is 0 Å².